The summed E-state index contributed by atoms with van der Waals surface area (Å²) in [4.78, 5) is 96.6. The first-order valence-electron chi connectivity index (χ1n) is 49.8. The molecule has 2 heterocycles. The zero-order chi connectivity index (χ0) is 87.7. The van der Waals surface area contributed by atoms with Gasteiger partial charge in [-0.2, -0.15) is 0 Å². The maximum Gasteiger partial charge on any atom is 0.327 e. The molecule has 704 valence electrons. The average Bonchev–Trinajstić information content (AvgIpc) is 0.782. The molecule has 0 saturated carbocycles. The third kappa shape index (κ3) is 61.7. The molecule has 7 N–H and O–H groups in total. The second-order valence-electron chi connectivity index (χ2n) is 35.5. The van der Waals surface area contributed by atoms with Crippen LogP contribution >= 0.6 is 7.60 Å². The van der Waals surface area contributed by atoms with E-state index in [-0.39, 0.29) is 38.5 Å². The zero-order valence-corrected chi connectivity index (χ0v) is 78.2. The second-order valence-corrected chi connectivity index (χ2v) is 37.3. The summed E-state index contributed by atoms with van der Waals surface area (Å²) in [5.74, 6) is -3.89. The number of nitrogens with one attached hydrogen (secondary N) is 2. The molecule has 0 radical (unpaired) electrons. The molecule has 2 rings (SSSR count). The molecular weight excluding hydrogens is 1540 g/mol. The van der Waals surface area contributed by atoms with E-state index < -0.39 is 149 Å². The molecular formula is C97H181N2O20P. The van der Waals surface area contributed by atoms with Crippen LogP contribution in [0.15, 0.2) is 12.2 Å². The van der Waals surface area contributed by atoms with Crippen LogP contribution in [-0.2, 0) is 71.0 Å². The number of hydrogen-bond acceptors (Lipinski definition) is 19. The van der Waals surface area contributed by atoms with Crippen LogP contribution in [0.4, 0.5) is 0 Å². The fraction of sp³-hybridized carbons (Fsp3) is 0.918. The fourth-order valence-electron chi connectivity index (χ4n) is 16.4. The van der Waals surface area contributed by atoms with E-state index in [1.54, 1.807) is 0 Å². The van der Waals surface area contributed by atoms with Crippen molar-refractivity contribution >= 4 is 43.3 Å². The van der Waals surface area contributed by atoms with Crippen LogP contribution in [0.3, 0.4) is 0 Å². The highest BCUT2D eigenvalue weighted by atomic mass is 31.2. The van der Waals surface area contributed by atoms with Crippen molar-refractivity contribution in [2.45, 2.75) is 551 Å². The van der Waals surface area contributed by atoms with Crippen LogP contribution in [-0.4, -0.2) is 160 Å². The molecule has 2 amide bonds. The number of aliphatic hydroxyl groups excluding tert-OH is 4. The molecule has 2 aliphatic heterocycles. The number of ether oxygens (including phenoxy) is 7. The first kappa shape index (κ1) is 112. The normalized spacial score (nSPS) is 20.3. The molecule has 2 aliphatic rings. The number of unbranched alkanes of at least 4 members (excludes halogenated alkanes) is 49. The quantitative estimate of drug-likeness (QED) is 0.00978. The standard InChI is InChI=1S/C97H181N2O20P/c1-8-14-20-26-32-38-39-40-41-47-53-59-64-70-88(105)113-81(68-62-56-50-44-35-29-23-17-11-4)75-87(104)98-92-84(116-91(108)76-82(69-63-57-51-45-36-30-24-18-12-5)114-89(106)71-65-58-52-46-37-31-25-19-13-6)74-83(77-100)115-96(92)112-78-85-94(109)95(118-90(107)73-80(102)67-61-55-49-43-34-28-22-16-10-3)93(97(117-85)119-120(7,110)111)99-86(103)72-79(101)66-60-54-48-42-33-27-21-15-9-2/h38-39,79-85,92-97,100-102,109H,8-37,40-78H2,1-7H3,(H,98,104)(H,99,103)(H,110,111)/b39-38-/t79-,80-,81-,82-,83?,84?,85?,92+,93+,94-,95?,96-,97?/m1/s1. The van der Waals surface area contributed by atoms with Gasteiger partial charge in [0.25, 0.3) is 0 Å². The van der Waals surface area contributed by atoms with E-state index in [1.165, 1.54) is 141 Å². The number of rotatable bonds is 83. The number of hydrogen-bond donors (Lipinski definition) is 7. The topological polar surface area (TPSA) is 319 Å². The highest BCUT2D eigenvalue weighted by molar-refractivity contribution is 7.51. The van der Waals surface area contributed by atoms with Crippen LogP contribution in [0, 0.1) is 0 Å². The lowest BCUT2D eigenvalue weighted by Crippen LogP contribution is -2.66. The van der Waals surface area contributed by atoms with Gasteiger partial charge in [0.1, 0.15) is 42.6 Å². The maximum atomic E-state index is 15.0. The SMILES string of the molecule is CCCCCC/C=C\CCCCCCCC(=O)O[C@H](CCCCCCCCCCC)CC(=O)N[C@H]1C(OC(=O)C[C@@H](CCCCCCCCCCC)OC(=O)CCCCCCCCCCC)CC(CO)O[C@H]1OCC1OC(OP(C)(=O)O)[C@@H](NC(=O)C[C@H](O)CCCCCCCCCCC)C(OC(=O)C[C@H](O)CCCCCCCCCCC)[C@@H]1O. The Kier molecular flexibility index (Phi) is 71.9. The molecule has 14 atom stereocenters. The van der Waals surface area contributed by atoms with Crippen molar-refractivity contribution in [3.8, 4) is 0 Å². The summed E-state index contributed by atoms with van der Waals surface area (Å²) in [6, 6.07) is -3.05. The van der Waals surface area contributed by atoms with Gasteiger partial charge in [0.2, 0.25) is 11.8 Å². The van der Waals surface area contributed by atoms with Crippen LogP contribution in [0.1, 0.15) is 472 Å². The third-order valence-corrected chi connectivity index (χ3v) is 24.3. The monoisotopic (exact) mass is 1730 g/mol. The van der Waals surface area contributed by atoms with E-state index >= 15 is 4.79 Å². The molecule has 0 aliphatic carbocycles. The zero-order valence-electron chi connectivity index (χ0n) is 77.3. The van der Waals surface area contributed by atoms with E-state index in [9.17, 15) is 53.9 Å². The minimum atomic E-state index is -4.58. The van der Waals surface area contributed by atoms with Gasteiger partial charge < -0.3 is 69.1 Å². The Labute approximate surface area is 729 Å². The average molecular weight is 1730 g/mol. The summed E-state index contributed by atoms with van der Waals surface area (Å²) >= 11 is 0. The second kappa shape index (κ2) is 76.6. The minimum absolute atomic E-state index is 0.153. The van der Waals surface area contributed by atoms with Crippen molar-refractivity contribution in [1.29, 1.82) is 0 Å². The highest BCUT2D eigenvalue weighted by Gasteiger charge is 2.52. The van der Waals surface area contributed by atoms with E-state index in [4.69, 9.17) is 37.7 Å². The summed E-state index contributed by atoms with van der Waals surface area (Å²) in [5, 5.41) is 51.8. The van der Waals surface area contributed by atoms with Gasteiger partial charge >= 0.3 is 31.5 Å². The van der Waals surface area contributed by atoms with Crippen LogP contribution in [0.2, 0.25) is 0 Å². The van der Waals surface area contributed by atoms with Crippen LogP contribution in [0.25, 0.3) is 0 Å². The number of carbonyl (C=O) groups excluding carboxylic acids is 6. The predicted molar refractivity (Wildman–Crippen MR) is 481 cm³/mol. The predicted octanol–water partition coefficient (Wildman–Crippen LogP) is 22.8. The first-order valence-corrected chi connectivity index (χ1v) is 51.8. The van der Waals surface area contributed by atoms with Gasteiger partial charge in [-0.05, 0) is 77.0 Å². The van der Waals surface area contributed by atoms with Crippen LogP contribution < -0.4 is 10.6 Å². The van der Waals surface area contributed by atoms with Crippen molar-refractivity contribution in [3.05, 3.63) is 12.2 Å². The van der Waals surface area contributed by atoms with Gasteiger partial charge in [0.05, 0.1) is 57.2 Å². The summed E-state index contributed by atoms with van der Waals surface area (Å²) in [5.41, 5.74) is 0. The van der Waals surface area contributed by atoms with Gasteiger partial charge in [-0.15, -0.1) is 0 Å². The van der Waals surface area contributed by atoms with E-state index in [0.29, 0.717) is 57.8 Å². The van der Waals surface area contributed by atoms with E-state index in [0.717, 1.165) is 186 Å². The molecule has 0 aromatic heterocycles. The first-order chi connectivity index (χ1) is 58.2. The summed E-state index contributed by atoms with van der Waals surface area (Å²) < 4.78 is 63.3. The number of aliphatic hydroxyl groups is 4. The van der Waals surface area contributed by atoms with E-state index in [2.05, 4.69) is 64.3 Å². The Morgan fingerprint density at radius 2 is 0.750 bits per heavy atom. The lowest BCUT2D eigenvalue weighted by Gasteiger charge is -2.45. The maximum absolute atomic E-state index is 15.0. The smallest absolute Gasteiger partial charge is 0.327 e. The van der Waals surface area contributed by atoms with Gasteiger partial charge in [-0.1, -0.05) is 362 Å². The Balaban J connectivity index is 2.69. The van der Waals surface area contributed by atoms with Gasteiger partial charge in [0.15, 0.2) is 18.7 Å². The molecule has 0 spiro atoms. The molecule has 6 unspecified atom stereocenters. The Morgan fingerprint density at radius 3 is 1.16 bits per heavy atom. The number of carbonyl (C=O) groups is 6. The molecule has 0 bridgehead atoms. The fourth-order valence-corrected chi connectivity index (χ4v) is 17.0. The summed E-state index contributed by atoms with van der Waals surface area (Å²) in [6.07, 6.45) is 48.8. The molecule has 0 aromatic rings. The molecule has 23 heteroatoms. The third-order valence-electron chi connectivity index (χ3n) is 23.7. The van der Waals surface area contributed by atoms with Crippen molar-refractivity contribution in [3.63, 3.8) is 0 Å². The van der Waals surface area contributed by atoms with Crippen molar-refractivity contribution in [1.82, 2.24) is 10.6 Å². The van der Waals surface area contributed by atoms with Crippen LogP contribution in [0.5, 0.6) is 0 Å². The molecule has 2 saturated heterocycles. The number of allylic oxidation sites excluding steroid dienone is 2. The molecule has 120 heavy (non-hydrogen) atoms. The lowest BCUT2D eigenvalue weighted by molar-refractivity contribution is -0.283. The van der Waals surface area contributed by atoms with Gasteiger partial charge in [-0.25, -0.2) is 0 Å². The molecule has 2 fully saturated rings. The van der Waals surface area contributed by atoms with E-state index in [1.807, 2.05) is 0 Å². The van der Waals surface area contributed by atoms with Crippen molar-refractivity contribution < 1.29 is 96.3 Å². The van der Waals surface area contributed by atoms with Gasteiger partial charge in [0, 0.05) is 25.9 Å². The Hall–Kier alpha value is -3.57. The summed E-state index contributed by atoms with van der Waals surface area (Å²) in [7, 11) is -4.58. The molecule has 22 nitrogen and oxygen atoms in total. The highest BCUT2D eigenvalue weighted by Crippen LogP contribution is 2.42. The largest absolute Gasteiger partial charge is 0.462 e. The Bertz CT molecular complexity index is 2560. The number of esters is 4. The molecule has 0 aromatic carbocycles. The Morgan fingerprint density at radius 1 is 0.408 bits per heavy atom. The minimum Gasteiger partial charge on any atom is -0.462 e. The summed E-state index contributed by atoms with van der Waals surface area (Å²) in [6.45, 7) is 12.8. The van der Waals surface area contributed by atoms with Gasteiger partial charge in [-0.3, -0.25) is 37.9 Å². The number of amides is 2. The van der Waals surface area contributed by atoms with Crippen molar-refractivity contribution in [2.75, 3.05) is 19.9 Å². The lowest BCUT2D eigenvalue weighted by atomic mass is 9.95. The van der Waals surface area contributed by atoms with Crippen molar-refractivity contribution in [2.24, 2.45) is 0 Å².